The van der Waals surface area contributed by atoms with Crippen molar-refractivity contribution in [3.63, 3.8) is 0 Å². The van der Waals surface area contributed by atoms with Gasteiger partial charge in [0, 0.05) is 16.5 Å². The first-order valence-corrected chi connectivity index (χ1v) is 10.4. The van der Waals surface area contributed by atoms with Crippen LogP contribution in [0.15, 0.2) is 59.4 Å². The topological polar surface area (TPSA) is 88.5 Å². The van der Waals surface area contributed by atoms with Crippen molar-refractivity contribution in [1.29, 1.82) is 0 Å². The summed E-state index contributed by atoms with van der Waals surface area (Å²) in [4.78, 5) is 13.6. The quantitative estimate of drug-likeness (QED) is 0.255. The largest absolute Gasteiger partial charge is 0.504 e. The molecule has 2 aromatic carbocycles. The fourth-order valence-corrected chi connectivity index (χ4v) is 4.41. The molecule has 0 atom stereocenters. The molecule has 2 aromatic heterocycles. The summed E-state index contributed by atoms with van der Waals surface area (Å²) in [5.41, 5.74) is 2.13. The first-order valence-electron chi connectivity index (χ1n) is 9.62. The molecule has 11 heteroatoms. The van der Waals surface area contributed by atoms with Crippen LogP contribution in [-0.2, 0) is 12.7 Å². The Labute approximate surface area is 192 Å². The second-order valence-corrected chi connectivity index (χ2v) is 8.43. The van der Waals surface area contributed by atoms with Gasteiger partial charge in [-0.3, -0.25) is 4.79 Å². The summed E-state index contributed by atoms with van der Waals surface area (Å²) in [6.45, 7) is -0.490. The molecule has 0 fully saturated rings. The number of rotatable bonds is 4. The Hall–Kier alpha value is -3.86. The van der Waals surface area contributed by atoms with Gasteiger partial charge in [-0.1, -0.05) is 6.07 Å². The molecule has 4 N–H and O–H groups in total. The van der Waals surface area contributed by atoms with E-state index in [1.165, 1.54) is 24.3 Å². The number of hydrogen-bond acceptors (Lipinski definition) is 5. The summed E-state index contributed by atoms with van der Waals surface area (Å²) in [6.07, 6.45) is -4.92. The maximum absolute atomic E-state index is 14.3. The van der Waals surface area contributed by atoms with Gasteiger partial charge in [0.15, 0.2) is 11.5 Å². The highest BCUT2D eigenvalue weighted by atomic mass is 32.1. The predicted molar refractivity (Wildman–Crippen MR) is 118 cm³/mol. The normalized spacial score (nSPS) is 11.7. The van der Waals surface area contributed by atoms with E-state index in [2.05, 4.69) is 0 Å². The van der Waals surface area contributed by atoms with Gasteiger partial charge in [-0.2, -0.15) is 13.2 Å². The molecule has 0 unspecified atom stereocenters. The van der Waals surface area contributed by atoms with Crippen molar-refractivity contribution in [2.24, 2.45) is 0 Å². The molecule has 2 heterocycles. The smallest absolute Gasteiger partial charge is 0.418 e. The summed E-state index contributed by atoms with van der Waals surface area (Å²) in [7, 11) is 0. The fraction of sp³-hybridized carbons (Fsp3) is 0.0870. The Morgan fingerprint density at radius 2 is 1.62 bits per heavy atom. The molecule has 4 rings (SSSR count). The van der Waals surface area contributed by atoms with Crippen LogP contribution in [0.1, 0.15) is 11.1 Å². The number of thiophene rings is 1. The first kappa shape index (κ1) is 23.3. The number of aromatic hydroxyl groups is 2. The number of halogens is 5. The summed E-state index contributed by atoms with van der Waals surface area (Å²) in [5, 5.41) is 19.2. The van der Waals surface area contributed by atoms with E-state index in [4.69, 9.17) is 5.73 Å². The van der Waals surface area contributed by atoms with Gasteiger partial charge in [-0.15, -0.1) is 11.3 Å². The minimum atomic E-state index is -4.92. The number of phenols is 2. The molecule has 0 aliphatic carbocycles. The van der Waals surface area contributed by atoms with Crippen molar-refractivity contribution >= 4 is 17.0 Å². The van der Waals surface area contributed by atoms with E-state index in [-0.39, 0.29) is 27.6 Å². The average molecular weight is 494 g/mol. The zero-order valence-corrected chi connectivity index (χ0v) is 17.8. The second-order valence-electron chi connectivity index (χ2n) is 7.35. The molecule has 0 spiro atoms. The highest BCUT2D eigenvalue weighted by Gasteiger charge is 2.36. The minimum absolute atomic E-state index is 0.121. The number of nitrogens with two attached hydrogens (primary N) is 1. The van der Waals surface area contributed by atoms with Crippen molar-refractivity contribution in [2.45, 2.75) is 12.7 Å². The molecule has 0 amide bonds. The van der Waals surface area contributed by atoms with E-state index in [1.54, 1.807) is 6.07 Å². The highest BCUT2D eigenvalue weighted by molar-refractivity contribution is 7.18. The molecular formula is C23H15F5N2O3S. The van der Waals surface area contributed by atoms with Crippen molar-refractivity contribution in [2.75, 3.05) is 5.73 Å². The summed E-state index contributed by atoms with van der Waals surface area (Å²) in [5.74, 6) is -2.55. The van der Waals surface area contributed by atoms with Crippen LogP contribution in [0.3, 0.4) is 0 Å². The van der Waals surface area contributed by atoms with Gasteiger partial charge in [0.25, 0.3) is 5.56 Å². The lowest BCUT2D eigenvalue weighted by atomic mass is 10.1. The monoisotopic (exact) mass is 494 g/mol. The third-order valence-corrected chi connectivity index (χ3v) is 6.26. The molecule has 5 nitrogen and oxygen atoms in total. The SMILES string of the molecule is Nc1c(C(F)(F)F)cc(-c2ccc(-c3ccc(O)c(O)c3)s2)n(Cc2ccc(F)cc2F)c1=O. The van der Waals surface area contributed by atoms with E-state index in [9.17, 15) is 37.0 Å². The summed E-state index contributed by atoms with van der Waals surface area (Å²) in [6, 6.07) is 10.4. The molecule has 4 aromatic rings. The molecular weight excluding hydrogens is 479 g/mol. The minimum Gasteiger partial charge on any atom is -0.504 e. The van der Waals surface area contributed by atoms with Crippen LogP contribution in [0, 0.1) is 11.6 Å². The molecule has 176 valence electrons. The standard InChI is InChI=1S/C23H15F5N2O3S/c24-13-3-1-12(15(25)8-13)10-30-16(9-14(23(26,27)28)21(29)22(30)33)20-6-5-19(34-20)11-2-4-17(31)18(32)7-11/h1-9,31-32H,10,29H2. The number of nitrogens with zero attached hydrogens (tertiary/aromatic N) is 1. The number of alkyl halides is 3. The predicted octanol–water partition coefficient (Wildman–Crippen LogP) is 5.58. The maximum Gasteiger partial charge on any atom is 0.418 e. The van der Waals surface area contributed by atoms with E-state index in [0.717, 1.165) is 28.0 Å². The number of nitrogen functional groups attached to an aromatic ring is 1. The van der Waals surface area contributed by atoms with Gasteiger partial charge in [-0.25, -0.2) is 8.78 Å². The number of benzene rings is 2. The van der Waals surface area contributed by atoms with Crippen LogP contribution >= 0.6 is 11.3 Å². The molecule has 0 aliphatic rings. The lowest BCUT2D eigenvalue weighted by Gasteiger charge is -2.17. The van der Waals surface area contributed by atoms with Gasteiger partial charge >= 0.3 is 6.18 Å². The van der Waals surface area contributed by atoms with Crippen LogP contribution in [0.4, 0.5) is 27.6 Å². The summed E-state index contributed by atoms with van der Waals surface area (Å²) < 4.78 is 69.1. The second kappa shape index (κ2) is 8.49. The number of phenolic OH excluding ortho intramolecular Hbond substituents is 2. The van der Waals surface area contributed by atoms with Crippen molar-refractivity contribution in [1.82, 2.24) is 4.57 Å². The van der Waals surface area contributed by atoms with Gasteiger partial charge < -0.3 is 20.5 Å². The van der Waals surface area contributed by atoms with E-state index in [0.29, 0.717) is 22.6 Å². The number of pyridine rings is 1. The Bertz CT molecular complexity index is 1460. The molecule has 0 saturated carbocycles. The molecule has 0 saturated heterocycles. The third-order valence-electron chi connectivity index (χ3n) is 5.10. The third kappa shape index (κ3) is 4.34. The molecule has 0 radical (unpaired) electrons. The zero-order chi connectivity index (χ0) is 24.8. The van der Waals surface area contributed by atoms with Crippen LogP contribution in [0.5, 0.6) is 11.5 Å². The first-order chi connectivity index (χ1) is 16.0. The van der Waals surface area contributed by atoms with E-state index >= 15 is 0 Å². The lowest BCUT2D eigenvalue weighted by molar-refractivity contribution is -0.137. The fourth-order valence-electron chi connectivity index (χ4n) is 3.39. The Balaban J connectivity index is 1.90. The van der Waals surface area contributed by atoms with Crippen LogP contribution in [0.2, 0.25) is 0 Å². The molecule has 0 aliphatic heterocycles. The van der Waals surface area contributed by atoms with Crippen LogP contribution < -0.4 is 11.3 Å². The van der Waals surface area contributed by atoms with Gasteiger partial charge in [-0.05, 0) is 48.0 Å². The zero-order valence-electron chi connectivity index (χ0n) is 17.0. The highest BCUT2D eigenvalue weighted by Crippen LogP contribution is 2.40. The van der Waals surface area contributed by atoms with Crippen molar-refractivity contribution < 1.29 is 32.2 Å². The molecule has 34 heavy (non-hydrogen) atoms. The Morgan fingerprint density at radius 1 is 0.912 bits per heavy atom. The van der Waals surface area contributed by atoms with E-state index < -0.39 is 41.2 Å². The number of anilines is 1. The number of hydrogen-bond donors (Lipinski definition) is 3. The maximum atomic E-state index is 14.3. The van der Waals surface area contributed by atoms with Crippen LogP contribution in [-0.4, -0.2) is 14.8 Å². The lowest BCUT2D eigenvalue weighted by Crippen LogP contribution is -2.28. The van der Waals surface area contributed by atoms with Crippen molar-refractivity contribution in [3.8, 4) is 32.5 Å². The van der Waals surface area contributed by atoms with E-state index in [1.807, 2.05) is 0 Å². The van der Waals surface area contributed by atoms with Crippen LogP contribution in [0.25, 0.3) is 21.0 Å². The molecule has 0 bridgehead atoms. The Morgan fingerprint density at radius 3 is 2.26 bits per heavy atom. The Kier molecular flexibility index (Phi) is 5.82. The van der Waals surface area contributed by atoms with Gasteiger partial charge in [0.2, 0.25) is 0 Å². The summed E-state index contributed by atoms with van der Waals surface area (Å²) >= 11 is 1.00. The average Bonchev–Trinajstić information content (AvgIpc) is 3.24. The number of aromatic nitrogens is 1. The van der Waals surface area contributed by atoms with Gasteiger partial charge in [0.1, 0.15) is 17.3 Å². The van der Waals surface area contributed by atoms with Gasteiger partial charge in [0.05, 0.1) is 22.7 Å². The van der Waals surface area contributed by atoms with Crippen molar-refractivity contribution in [3.05, 3.63) is 87.7 Å².